The van der Waals surface area contributed by atoms with Gasteiger partial charge in [-0.1, -0.05) is 19.1 Å². The Bertz CT molecular complexity index is 516. The number of halogens is 1. The molecule has 0 aliphatic heterocycles. The van der Waals surface area contributed by atoms with Gasteiger partial charge in [-0.15, -0.1) is 0 Å². The first-order chi connectivity index (χ1) is 9.70. The molecule has 1 aromatic carbocycles. The summed E-state index contributed by atoms with van der Waals surface area (Å²) in [5.41, 5.74) is 1.86. The molecule has 1 aromatic heterocycles. The fourth-order valence-electron chi connectivity index (χ4n) is 2.15. The highest BCUT2D eigenvalue weighted by Crippen LogP contribution is 2.18. The molecule has 2 unspecified atom stereocenters. The molecule has 4 heteroatoms. The summed E-state index contributed by atoms with van der Waals surface area (Å²) in [6.45, 7) is 2.50. The Labute approximate surface area is 118 Å². The van der Waals surface area contributed by atoms with Crippen LogP contribution in [0.3, 0.4) is 0 Å². The van der Waals surface area contributed by atoms with Crippen molar-refractivity contribution in [2.45, 2.75) is 25.5 Å². The first-order valence-electron chi connectivity index (χ1n) is 6.77. The van der Waals surface area contributed by atoms with Crippen LogP contribution in [-0.2, 0) is 0 Å². The lowest BCUT2D eigenvalue weighted by atomic mass is 10.0. The zero-order valence-electron chi connectivity index (χ0n) is 11.5. The van der Waals surface area contributed by atoms with Crippen molar-refractivity contribution in [1.82, 2.24) is 10.3 Å². The van der Waals surface area contributed by atoms with Crippen molar-refractivity contribution in [3.05, 3.63) is 65.7 Å². The summed E-state index contributed by atoms with van der Waals surface area (Å²) in [6, 6.07) is 10.2. The quantitative estimate of drug-likeness (QED) is 0.851. The molecule has 0 aliphatic rings. The number of aliphatic hydroxyl groups is 1. The predicted molar refractivity (Wildman–Crippen MR) is 76.6 cm³/mol. The molecule has 0 bridgehead atoms. The van der Waals surface area contributed by atoms with E-state index in [1.54, 1.807) is 36.7 Å². The number of benzene rings is 1. The van der Waals surface area contributed by atoms with E-state index in [1.807, 2.05) is 0 Å². The largest absolute Gasteiger partial charge is 0.387 e. The molecular weight excluding hydrogens is 255 g/mol. The van der Waals surface area contributed by atoms with Gasteiger partial charge in [0.2, 0.25) is 0 Å². The van der Waals surface area contributed by atoms with E-state index in [1.165, 1.54) is 12.1 Å². The third-order valence-electron chi connectivity index (χ3n) is 3.33. The van der Waals surface area contributed by atoms with Gasteiger partial charge < -0.3 is 10.4 Å². The average molecular weight is 274 g/mol. The van der Waals surface area contributed by atoms with Crippen LogP contribution in [0.4, 0.5) is 4.39 Å². The fourth-order valence-corrected chi connectivity index (χ4v) is 2.15. The second-order valence-electron chi connectivity index (χ2n) is 4.72. The molecular formula is C16H19FN2O. The second kappa shape index (κ2) is 7.12. The highest BCUT2D eigenvalue weighted by atomic mass is 19.1. The van der Waals surface area contributed by atoms with Gasteiger partial charge in [0.05, 0.1) is 6.10 Å². The Balaban J connectivity index is 1.95. The molecule has 0 amide bonds. The summed E-state index contributed by atoms with van der Waals surface area (Å²) in [5, 5.41) is 13.4. The van der Waals surface area contributed by atoms with Crippen LogP contribution in [-0.4, -0.2) is 16.6 Å². The lowest BCUT2D eigenvalue weighted by molar-refractivity contribution is 0.169. The van der Waals surface area contributed by atoms with Crippen LogP contribution in [0.15, 0.2) is 48.8 Å². The van der Waals surface area contributed by atoms with Crippen molar-refractivity contribution in [2.24, 2.45) is 0 Å². The predicted octanol–water partition coefficient (Wildman–Crippen LogP) is 3.00. The molecule has 0 saturated heterocycles. The molecule has 20 heavy (non-hydrogen) atoms. The Morgan fingerprint density at radius 2 is 1.75 bits per heavy atom. The molecule has 1 heterocycles. The minimum Gasteiger partial charge on any atom is -0.387 e. The van der Waals surface area contributed by atoms with E-state index < -0.39 is 6.10 Å². The van der Waals surface area contributed by atoms with Gasteiger partial charge in [0.15, 0.2) is 0 Å². The summed E-state index contributed by atoms with van der Waals surface area (Å²) in [5.74, 6) is -0.236. The first kappa shape index (κ1) is 14.6. The fraction of sp³-hybridized carbons (Fsp3) is 0.312. The maximum absolute atomic E-state index is 12.9. The molecule has 0 aliphatic carbocycles. The maximum Gasteiger partial charge on any atom is 0.123 e. The van der Waals surface area contributed by atoms with Crippen molar-refractivity contribution in [3.8, 4) is 0 Å². The van der Waals surface area contributed by atoms with Gasteiger partial charge in [-0.05, 0) is 41.8 Å². The summed E-state index contributed by atoms with van der Waals surface area (Å²) in [6.07, 6.45) is 3.62. The number of rotatable bonds is 6. The standard InChI is InChI=1S/C16H19FN2O/c1-2-15(12-3-5-14(17)6-4-12)19-11-16(20)13-7-9-18-10-8-13/h3-10,15-16,19-20H,2,11H2,1H3. The molecule has 0 radical (unpaired) electrons. The number of aliphatic hydroxyl groups excluding tert-OH is 1. The van der Waals surface area contributed by atoms with Crippen molar-refractivity contribution in [2.75, 3.05) is 6.54 Å². The molecule has 2 atom stereocenters. The van der Waals surface area contributed by atoms with Gasteiger partial charge in [0.25, 0.3) is 0 Å². The van der Waals surface area contributed by atoms with Gasteiger partial charge in [0.1, 0.15) is 5.82 Å². The van der Waals surface area contributed by atoms with Crippen LogP contribution in [0.2, 0.25) is 0 Å². The van der Waals surface area contributed by atoms with Crippen LogP contribution in [0.1, 0.15) is 36.6 Å². The smallest absolute Gasteiger partial charge is 0.123 e. The number of aromatic nitrogens is 1. The van der Waals surface area contributed by atoms with E-state index in [4.69, 9.17) is 0 Å². The highest BCUT2D eigenvalue weighted by Gasteiger charge is 2.12. The van der Waals surface area contributed by atoms with Gasteiger partial charge in [-0.25, -0.2) is 4.39 Å². The van der Waals surface area contributed by atoms with Gasteiger partial charge in [-0.2, -0.15) is 0 Å². The average Bonchev–Trinajstić information content (AvgIpc) is 2.50. The van der Waals surface area contributed by atoms with Gasteiger partial charge in [-0.3, -0.25) is 4.98 Å². The number of hydrogen-bond donors (Lipinski definition) is 2. The summed E-state index contributed by atoms with van der Waals surface area (Å²) >= 11 is 0. The zero-order valence-corrected chi connectivity index (χ0v) is 11.5. The van der Waals surface area contributed by atoms with Crippen molar-refractivity contribution in [1.29, 1.82) is 0 Å². The third-order valence-corrected chi connectivity index (χ3v) is 3.33. The van der Waals surface area contributed by atoms with Crippen LogP contribution in [0.5, 0.6) is 0 Å². The maximum atomic E-state index is 12.9. The topological polar surface area (TPSA) is 45.1 Å². The molecule has 2 aromatic rings. The van der Waals surface area contributed by atoms with Crippen molar-refractivity contribution >= 4 is 0 Å². The number of pyridine rings is 1. The van der Waals surface area contributed by atoms with Crippen molar-refractivity contribution in [3.63, 3.8) is 0 Å². The number of hydrogen-bond acceptors (Lipinski definition) is 3. The van der Waals surface area contributed by atoms with Crippen LogP contribution < -0.4 is 5.32 Å². The van der Waals surface area contributed by atoms with Gasteiger partial charge >= 0.3 is 0 Å². The minimum atomic E-state index is -0.576. The second-order valence-corrected chi connectivity index (χ2v) is 4.72. The molecule has 106 valence electrons. The minimum absolute atomic E-state index is 0.104. The van der Waals surface area contributed by atoms with Crippen molar-refractivity contribution < 1.29 is 9.50 Å². The summed E-state index contributed by atoms with van der Waals surface area (Å²) < 4.78 is 12.9. The van der Waals surface area contributed by atoms with E-state index in [0.717, 1.165) is 17.5 Å². The zero-order chi connectivity index (χ0) is 14.4. The Kier molecular flexibility index (Phi) is 5.21. The molecule has 0 spiro atoms. The van der Waals surface area contributed by atoms with Crippen LogP contribution in [0.25, 0.3) is 0 Å². The Hall–Kier alpha value is -1.78. The molecule has 3 nitrogen and oxygen atoms in total. The monoisotopic (exact) mass is 274 g/mol. The van der Waals surface area contributed by atoms with Gasteiger partial charge in [0, 0.05) is 25.0 Å². The Morgan fingerprint density at radius 3 is 2.35 bits per heavy atom. The molecule has 2 N–H and O–H groups in total. The first-order valence-corrected chi connectivity index (χ1v) is 6.77. The van der Waals surface area contributed by atoms with E-state index in [9.17, 15) is 9.50 Å². The van der Waals surface area contributed by atoms with E-state index in [2.05, 4.69) is 17.2 Å². The Morgan fingerprint density at radius 1 is 1.10 bits per heavy atom. The third kappa shape index (κ3) is 3.85. The lowest BCUT2D eigenvalue weighted by Gasteiger charge is -2.20. The van der Waals surface area contributed by atoms with E-state index in [-0.39, 0.29) is 11.9 Å². The number of nitrogens with one attached hydrogen (secondary N) is 1. The van der Waals surface area contributed by atoms with Crippen LogP contribution >= 0.6 is 0 Å². The molecule has 0 saturated carbocycles. The number of nitrogens with zero attached hydrogens (tertiary/aromatic N) is 1. The normalized spacial score (nSPS) is 13.9. The molecule has 0 fully saturated rings. The van der Waals surface area contributed by atoms with Crippen LogP contribution in [0, 0.1) is 5.82 Å². The lowest BCUT2D eigenvalue weighted by Crippen LogP contribution is -2.26. The highest BCUT2D eigenvalue weighted by molar-refractivity contribution is 5.20. The summed E-state index contributed by atoms with van der Waals surface area (Å²) in [4.78, 5) is 3.93. The van der Waals surface area contributed by atoms with E-state index in [0.29, 0.717) is 6.54 Å². The SMILES string of the molecule is CCC(NCC(O)c1ccncc1)c1ccc(F)cc1. The van der Waals surface area contributed by atoms with E-state index >= 15 is 0 Å². The summed E-state index contributed by atoms with van der Waals surface area (Å²) in [7, 11) is 0. The molecule has 2 rings (SSSR count).